The fraction of sp³-hybridized carbons (Fsp3) is 0.333. The first kappa shape index (κ1) is 12.6. The second-order valence-electron chi connectivity index (χ2n) is 4.02. The molecule has 2 heterocycles. The number of hydrogen-bond donors (Lipinski definition) is 0. The van der Waals surface area contributed by atoms with Crippen LogP contribution in [0.1, 0.15) is 12.1 Å². The molecule has 94 valence electrons. The van der Waals surface area contributed by atoms with Gasteiger partial charge in [-0.3, -0.25) is 0 Å². The highest BCUT2D eigenvalue weighted by atomic mass is 32.1. The van der Waals surface area contributed by atoms with Gasteiger partial charge in [0.1, 0.15) is 17.0 Å². The zero-order valence-corrected chi connectivity index (χ0v) is 11.1. The zero-order chi connectivity index (χ0) is 13.0. The van der Waals surface area contributed by atoms with E-state index < -0.39 is 0 Å². The number of nitrogens with zero attached hydrogens (tertiary/aromatic N) is 4. The fourth-order valence-electron chi connectivity index (χ4n) is 1.42. The highest BCUT2D eigenvalue weighted by Gasteiger charge is 2.07. The molecule has 2 rings (SSSR count). The van der Waals surface area contributed by atoms with Crippen LogP contribution in [0.15, 0.2) is 17.5 Å². The lowest BCUT2D eigenvalue weighted by atomic mass is 10.3. The molecule has 0 radical (unpaired) electrons. The smallest absolute Gasteiger partial charge is 0.150 e. The van der Waals surface area contributed by atoms with E-state index in [1.54, 1.807) is 0 Å². The summed E-state index contributed by atoms with van der Waals surface area (Å²) in [5.74, 6) is 0.816. The summed E-state index contributed by atoms with van der Waals surface area (Å²) in [7, 11) is 3.84. The van der Waals surface area contributed by atoms with E-state index in [4.69, 9.17) is 0 Å². The van der Waals surface area contributed by atoms with E-state index in [-0.39, 0.29) is 0 Å². The maximum atomic E-state index is 10.3. The fourth-order valence-corrected chi connectivity index (χ4v) is 2.24. The molecule has 18 heavy (non-hydrogen) atoms. The van der Waals surface area contributed by atoms with Gasteiger partial charge in [0, 0.05) is 25.9 Å². The van der Waals surface area contributed by atoms with Crippen LogP contribution in [-0.2, 0) is 11.2 Å². The van der Waals surface area contributed by atoms with Crippen molar-refractivity contribution in [2.24, 2.45) is 0 Å². The van der Waals surface area contributed by atoms with E-state index >= 15 is 0 Å². The number of rotatable bonds is 5. The van der Waals surface area contributed by atoms with E-state index in [9.17, 15) is 4.79 Å². The van der Waals surface area contributed by atoms with Crippen molar-refractivity contribution in [2.45, 2.75) is 12.8 Å². The first-order chi connectivity index (χ1) is 8.70. The zero-order valence-electron chi connectivity index (χ0n) is 10.3. The van der Waals surface area contributed by atoms with Gasteiger partial charge in [0.05, 0.1) is 5.69 Å². The molecule has 2 aromatic heterocycles. The predicted molar refractivity (Wildman–Crippen MR) is 71.9 cm³/mol. The second-order valence-corrected chi connectivity index (χ2v) is 4.88. The number of carbonyl (C=O) groups excluding carboxylic acids is 1. The van der Waals surface area contributed by atoms with Gasteiger partial charge >= 0.3 is 0 Å². The van der Waals surface area contributed by atoms with Gasteiger partial charge in [0.2, 0.25) is 0 Å². The number of hydrogen-bond acceptors (Lipinski definition) is 6. The largest absolute Gasteiger partial charge is 0.361 e. The molecule has 0 saturated carbocycles. The van der Waals surface area contributed by atoms with Gasteiger partial charge in [0.15, 0.2) is 5.82 Å². The van der Waals surface area contributed by atoms with Gasteiger partial charge in [0.25, 0.3) is 0 Å². The molecule has 0 spiro atoms. The van der Waals surface area contributed by atoms with Gasteiger partial charge in [-0.15, -0.1) is 21.5 Å². The van der Waals surface area contributed by atoms with Crippen LogP contribution in [-0.4, -0.2) is 35.6 Å². The molecule has 0 aliphatic carbocycles. The van der Waals surface area contributed by atoms with Crippen LogP contribution in [0.5, 0.6) is 0 Å². The average Bonchev–Trinajstić information content (AvgIpc) is 2.85. The molecule has 0 atom stereocenters. The first-order valence-electron chi connectivity index (χ1n) is 5.60. The van der Waals surface area contributed by atoms with E-state index in [1.807, 2.05) is 36.5 Å². The Labute approximate surface area is 110 Å². The maximum Gasteiger partial charge on any atom is 0.150 e. The highest BCUT2D eigenvalue weighted by Crippen LogP contribution is 2.22. The van der Waals surface area contributed by atoms with Crippen LogP contribution in [0.4, 0.5) is 5.82 Å². The van der Waals surface area contributed by atoms with E-state index in [0.29, 0.717) is 12.8 Å². The molecular weight excluding hydrogens is 248 g/mol. The predicted octanol–water partition coefficient (Wildman–Crippen LogP) is 1.80. The van der Waals surface area contributed by atoms with Gasteiger partial charge in [-0.25, -0.2) is 4.98 Å². The monoisotopic (exact) mass is 262 g/mol. The molecule has 0 fully saturated rings. The van der Waals surface area contributed by atoms with Crippen LogP contribution in [0.2, 0.25) is 0 Å². The summed E-state index contributed by atoms with van der Waals surface area (Å²) < 4.78 is 0. The Morgan fingerprint density at radius 3 is 2.78 bits per heavy atom. The summed E-state index contributed by atoms with van der Waals surface area (Å²) in [5, 5.41) is 11.1. The van der Waals surface area contributed by atoms with Gasteiger partial charge in [-0.05, 0) is 18.6 Å². The molecule has 0 saturated heterocycles. The Balaban J connectivity index is 2.15. The van der Waals surface area contributed by atoms with Crippen LogP contribution < -0.4 is 4.90 Å². The topological polar surface area (TPSA) is 59.0 Å². The van der Waals surface area contributed by atoms with Gasteiger partial charge in [-0.2, -0.15) is 0 Å². The van der Waals surface area contributed by atoms with Crippen LogP contribution in [0.3, 0.4) is 0 Å². The molecule has 0 aliphatic heterocycles. The van der Waals surface area contributed by atoms with Crippen molar-refractivity contribution in [3.8, 4) is 10.7 Å². The van der Waals surface area contributed by atoms with Crippen molar-refractivity contribution < 1.29 is 4.79 Å². The number of aryl methyl sites for hydroxylation is 1. The van der Waals surface area contributed by atoms with Crippen LogP contribution in [0, 0.1) is 0 Å². The van der Waals surface area contributed by atoms with Gasteiger partial charge < -0.3 is 9.69 Å². The highest BCUT2D eigenvalue weighted by molar-refractivity contribution is 7.13. The molecule has 0 N–H and O–H groups in total. The first-order valence-corrected chi connectivity index (χ1v) is 6.48. The number of anilines is 1. The van der Waals surface area contributed by atoms with Crippen molar-refractivity contribution in [2.75, 3.05) is 19.0 Å². The molecule has 0 unspecified atom stereocenters. The minimum absolute atomic E-state index is 0.508. The lowest BCUT2D eigenvalue weighted by molar-refractivity contribution is -0.107. The van der Waals surface area contributed by atoms with Crippen molar-refractivity contribution in [3.05, 3.63) is 23.2 Å². The average molecular weight is 262 g/mol. The summed E-state index contributed by atoms with van der Waals surface area (Å²) in [6.07, 6.45) is 2.10. The van der Waals surface area contributed by atoms with Crippen LogP contribution >= 0.6 is 11.3 Å². The summed E-state index contributed by atoms with van der Waals surface area (Å²) in [5.41, 5.74) is 1.70. The molecule has 0 aromatic carbocycles. The van der Waals surface area contributed by atoms with Gasteiger partial charge in [-0.1, -0.05) is 0 Å². The number of thiazole rings is 1. The minimum Gasteiger partial charge on any atom is -0.361 e. The van der Waals surface area contributed by atoms with E-state index in [2.05, 4.69) is 15.2 Å². The van der Waals surface area contributed by atoms with Crippen molar-refractivity contribution in [1.29, 1.82) is 0 Å². The minimum atomic E-state index is 0.508. The molecule has 6 heteroatoms. The molecule has 0 bridgehead atoms. The van der Waals surface area contributed by atoms with Crippen molar-refractivity contribution in [3.63, 3.8) is 0 Å². The van der Waals surface area contributed by atoms with Crippen molar-refractivity contribution >= 4 is 23.4 Å². The third-order valence-electron chi connectivity index (χ3n) is 2.40. The second kappa shape index (κ2) is 5.68. The lowest BCUT2D eigenvalue weighted by Crippen LogP contribution is -2.11. The number of aldehydes is 1. The standard InChI is InChI=1S/C12H14N4OS/c1-16(2)11-6-5-10(14-15-11)12-13-9(8-18-12)4-3-7-17/h5-8H,3-4H2,1-2H3. The van der Waals surface area contributed by atoms with Crippen LogP contribution in [0.25, 0.3) is 10.7 Å². The Morgan fingerprint density at radius 1 is 1.33 bits per heavy atom. The lowest BCUT2D eigenvalue weighted by Gasteiger charge is -2.09. The van der Waals surface area contributed by atoms with E-state index in [0.717, 1.165) is 28.5 Å². The Bertz CT molecular complexity index is 521. The molecular formula is C12H14N4OS. The SMILES string of the molecule is CN(C)c1ccc(-c2nc(CCC=O)cs2)nn1. The number of carbonyl (C=O) groups is 1. The molecule has 5 nitrogen and oxygen atoms in total. The summed E-state index contributed by atoms with van der Waals surface area (Å²) in [6, 6.07) is 3.82. The maximum absolute atomic E-state index is 10.3. The molecule has 0 amide bonds. The van der Waals surface area contributed by atoms with E-state index in [1.165, 1.54) is 11.3 Å². The van der Waals surface area contributed by atoms with Crippen molar-refractivity contribution in [1.82, 2.24) is 15.2 Å². The Hall–Kier alpha value is -1.82. The molecule has 0 aliphatic rings. The number of aromatic nitrogens is 3. The summed E-state index contributed by atoms with van der Waals surface area (Å²) >= 11 is 1.52. The summed E-state index contributed by atoms with van der Waals surface area (Å²) in [6.45, 7) is 0. The quantitative estimate of drug-likeness (QED) is 0.769. The normalized spacial score (nSPS) is 10.3. The molecule has 2 aromatic rings. The summed E-state index contributed by atoms with van der Waals surface area (Å²) in [4.78, 5) is 16.6. The third kappa shape index (κ3) is 2.89. The Kier molecular flexibility index (Phi) is 3.99. The Morgan fingerprint density at radius 2 is 2.17 bits per heavy atom. The third-order valence-corrected chi connectivity index (χ3v) is 3.31.